The number of fused-ring (bicyclic) bond motifs is 2. The highest BCUT2D eigenvalue weighted by Gasteiger charge is 2.50. The lowest BCUT2D eigenvalue weighted by molar-refractivity contribution is -0.127. The number of benzene rings is 1. The lowest BCUT2D eigenvalue weighted by Gasteiger charge is -2.28. The van der Waals surface area contributed by atoms with E-state index in [-0.39, 0.29) is 35.4 Å². The van der Waals surface area contributed by atoms with E-state index in [1.807, 2.05) is 0 Å². The van der Waals surface area contributed by atoms with Crippen LogP contribution in [0.3, 0.4) is 0 Å². The summed E-state index contributed by atoms with van der Waals surface area (Å²) in [5.74, 6) is -0.282. The number of carbonyl (C=O) groups is 3. The fourth-order valence-corrected chi connectivity index (χ4v) is 6.52. The molecule has 2 saturated carbocycles. The number of Topliss-reactive ketones (excluding diaryl/α,β-unsaturated/α-hetero) is 1. The average molecular weight is 501 g/mol. The molecule has 5 rings (SSSR count). The van der Waals surface area contributed by atoms with Gasteiger partial charge in [0.25, 0.3) is 5.91 Å². The molecule has 2 heterocycles. The molecule has 1 aromatic carbocycles. The van der Waals surface area contributed by atoms with Crippen molar-refractivity contribution in [2.45, 2.75) is 57.0 Å². The molecule has 1 aromatic heterocycles. The van der Waals surface area contributed by atoms with Crippen LogP contribution in [0, 0.1) is 29.1 Å². The number of H-pyrrole nitrogens is 1. The van der Waals surface area contributed by atoms with E-state index in [9.17, 15) is 19.6 Å². The Morgan fingerprint density at radius 2 is 2.00 bits per heavy atom. The number of likely N-dealkylation sites (tertiary alicyclic amines) is 1. The number of nitriles is 1. The van der Waals surface area contributed by atoms with Crippen molar-refractivity contribution in [1.82, 2.24) is 15.2 Å². The number of aromatic nitrogens is 1. The minimum absolute atomic E-state index is 0.0629. The number of aromatic amines is 1. The standard InChI is InChI=1S/C25H26Cl2N4O3/c26-18-7-8-19(27)22-17(18)10-20(30-22)25(34)31-12-14-4-1-5-16(14)23(31)24(33)29-15(11-28)9-13-3-2-6-21(13)32/h7-8,10,13-16,23,30H,1-6,9,12H2,(H,29,33). The Morgan fingerprint density at radius 1 is 1.21 bits per heavy atom. The molecular weight excluding hydrogens is 475 g/mol. The summed E-state index contributed by atoms with van der Waals surface area (Å²) in [6.07, 6.45) is 5.34. The summed E-state index contributed by atoms with van der Waals surface area (Å²) in [6, 6.07) is 5.79. The maximum absolute atomic E-state index is 13.6. The zero-order valence-electron chi connectivity index (χ0n) is 18.7. The van der Waals surface area contributed by atoms with E-state index in [2.05, 4.69) is 16.4 Å². The van der Waals surface area contributed by atoms with E-state index < -0.39 is 12.1 Å². The third-order valence-corrected chi connectivity index (χ3v) is 8.41. The summed E-state index contributed by atoms with van der Waals surface area (Å²) < 4.78 is 0. The van der Waals surface area contributed by atoms with Crippen LogP contribution in [-0.2, 0) is 9.59 Å². The molecule has 2 amide bonds. The van der Waals surface area contributed by atoms with Gasteiger partial charge >= 0.3 is 0 Å². The van der Waals surface area contributed by atoms with Gasteiger partial charge in [0.15, 0.2) is 0 Å². The molecule has 34 heavy (non-hydrogen) atoms. The molecule has 5 atom stereocenters. The van der Waals surface area contributed by atoms with Crippen molar-refractivity contribution in [3.63, 3.8) is 0 Å². The largest absolute Gasteiger partial charge is 0.349 e. The van der Waals surface area contributed by atoms with Crippen molar-refractivity contribution < 1.29 is 14.4 Å². The molecular formula is C25H26Cl2N4O3. The number of nitrogens with zero attached hydrogens (tertiary/aromatic N) is 2. The molecule has 0 bridgehead atoms. The Balaban J connectivity index is 1.38. The predicted octanol–water partition coefficient (Wildman–Crippen LogP) is 4.48. The second-order valence-corrected chi connectivity index (χ2v) is 10.6. The molecule has 9 heteroatoms. The van der Waals surface area contributed by atoms with Gasteiger partial charge in [-0.25, -0.2) is 0 Å². The Bertz CT molecular complexity index is 1160. The number of nitrogens with one attached hydrogen (secondary N) is 2. The molecule has 0 radical (unpaired) electrons. The van der Waals surface area contributed by atoms with Crippen LogP contribution in [0.5, 0.6) is 0 Å². The fraction of sp³-hybridized carbons (Fsp3) is 0.520. The summed E-state index contributed by atoms with van der Waals surface area (Å²) in [4.78, 5) is 43.8. The van der Waals surface area contributed by atoms with Gasteiger partial charge in [0.1, 0.15) is 23.6 Å². The van der Waals surface area contributed by atoms with Gasteiger partial charge in [-0.3, -0.25) is 14.4 Å². The van der Waals surface area contributed by atoms with Gasteiger partial charge in [-0.05, 0) is 62.1 Å². The van der Waals surface area contributed by atoms with Crippen LogP contribution in [0.25, 0.3) is 10.9 Å². The van der Waals surface area contributed by atoms with Crippen LogP contribution < -0.4 is 5.32 Å². The first-order valence-corrected chi connectivity index (χ1v) is 12.6. The zero-order chi connectivity index (χ0) is 24.0. The van der Waals surface area contributed by atoms with Crippen molar-refractivity contribution in [3.05, 3.63) is 33.9 Å². The number of hydrogen-bond donors (Lipinski definition) is 2. The van der Waals surface area contributed by atoms with Crippen LogP contribution in [0.2, 0.25) is 10.0 Å². The number of ketones is 1. The van der Waals surface area contributed by atoms with Crippen LogP contribution in [0.15, 0.2) is 18.2 Å². The number of hydrogen-bond acceptors (Lipinski definition) is 4. The number of amides is 2. The molecule has 2 aromatic rings. The first-order valence-electron chi connectivity index (χ1n) is 11.9. The zero-order valence-corrected chi connectivity index (χ0v) is 20.2. The molecule has 2 aliphatic carbocycles. The third kappa shape index (κ3) is 4.08. The van der Waals surface area contributed by atoms with Gasteiger partial charge < -0.3 is 15.2 Å². The van der Waals surface area contributed by atoms with E-state index in [0.717, 1.165) is 32.1 Å². The van der Waals surface area contributed by atoms with Crippen molar-refractivity contribution in [3.8, 4) is 6.07 Å². The fourth-order valence-electron chi connectivity index (χ4n) is 6.09. The van der Waals surface area contributed by atoms with E-state index in [4.69, 9.17) is 23.2 Å². The summed E-state index contributed by atoms with van der Waals surface area (Å²) >= 11 is 12.6. The van der Waals surface area contributed by atoms with Gasteiger partial charge in [0.05, 0.1) is 21.6 Å². The van der Waals surface area contributed by atoms with Crippen molar-refractivity contribution >= 4 is 51.7 Å². The minimum Gasteiger partial charge on any atom is -0.349 e. The predicted molar refractivity (Wildman–Crippen MR) is 128 cm³/mol. The first kappa shape index (κ1) is 23.2. The number of rotatable bonds is 5. The van der Waals surface area contributed by atoms with E-state index in [1.54, 1.807) is 23.1 Å². The number of carbonyl (C=O) groups excluding carboxylic acids is 3. The van der Waals surface area contributed by atoms with E-state index in [1.165, 1.54) is 0 Å². The van der Waals surface area contributed by atoms with Crippen LogP contribution in [0.1, 0.15) is 55.4 Å². The minimum atomic E-state index is -0.748. The van der Waals surface area contributed by atoms with Gasteiger partial charge in [0, 0.05) is 24.3 Å². The highest BCUT2D eigenvalue weighted by molar-refractivity contribution is 6.40. The summed E-state index contributed by atoms with van der Waals surface area (Å²) in [6.45, 7) is 0.497. The third-order valence-electron chi connectivity index (χ3n) is 7.76. The second kappa shape index (κ2) is 9.24. The Morgan fingerprint density at radius 3 is 2.71 bits per heavy atom. The molecule has 178 valence electrons. The topological polar surface area (TPSA) is 106 Å². The van der Waals surface area contributed by atoms with Crippen molar-refractivity contribution in [2.24, 2.45) is 17.8 Å². The Labute approximate surface area is 207 Å². The molecule has 3 aliphatic rings. The quantitative estimate of drug-likeness (QED) is 0.630. The molecule has 3 fully saturated rings. The van der Waals surface area contributed by atoms with E-state index >= 15 is 0 Å². The van der Waals surface area contributed by atoms with Crippen molar-refractivity contribution in [2.75, 3.05) is 6.54 Å². The molecule has 2 N–H and O–H groups in total. The maximum atomic E-state index is 13.6. The first-order chi connectivity index (χ1) is 16.4. The van der Waals surface area contributed by atoms with Crippen molar-refractivity contribution in [1.29, 1.82) is 5.26 Å². The highest BCUT2D eigenvalue weighted by Crippen LogP contribution is 2.43. The summed E-state index contributed by atoms with van der Waals surface area (Å²) in [5, 5.41) is 14.1. The van der Waals surface area contributed by atoms with Crippen LogP contribution >= 0.6 is 23.2 Å². The smallest absolute Gasteiger partial charge is 0.271 e. The molecule has 1 aliphatic heterocycles. The second-order valence-electron chi connectivity index (χ2n) is 9.74. The number of halogens is 2. The molecule has 0 spiro atoms. The Kier molecular flexibility index (Phi) is 6.30. The van der Waals surface area contributed by atoms with Crippen LogP contribution in [0.4, 0.5) is 0 Å². The van der Waals surface area contributed by atoms with Gasteiger partial charge in [-0.15, -0.1) is 0 Å². The molecule has 5 unspecified atom stereocenters. The monoisotopic (exact) mass is 500 g/mol. The van der Waals surface area contributed by atoms with Gasteiger partial charge in [-0.2, -0.15) is 5.26 Å². The lowest BCUT2D eigenvalue weighted by Crippen LogP contribution is -2.51. The molecule has 1 saturated heterocycles. The van der Waals surface area contributed by atoms with Crippen LogP contribution in [-0.4, -0.2) is 46.1 Å². The normalized spacial score (nSPS) is 27.1. The molecule has 7 nitrogen and oxygen atoms in total. The summed E-state index contributed by atoms with van der Waals surface area (Å²) in [5.41, 5.74) is 0.917. The highest BCUT2D eigenvalue weighted by atomic mass is 35.5. The Hall–Kier alpha value is -2.56. The van der Waals surface area contributed by atoms with E-state index in [0.29, 0.717) is 46.0 Å². The summed E-state index contributed by atoms with van der Waals surface area (Å²) in [7, 11) is 0. The van der Waals surface area contributed by atoms with Gasteiger partial charge in [-0.1, -0.05) is 29.6 Å². The average Bonchev–Trinajstić information content (AvgIpc) is 3.59. The maximum Gasteiger partial charge on any atom is 0.271 e. The SMILES string of the molecule is N#CC(CC1CCCC1=O)NC(=O)C1C2CCCC2CN1C(=O)c1cc2c(Cl)ccc(Cl)c2[nH]1. The lowest BCUT2D eigenvalue weighted by atomic mass is 9.92. The van der Waals surface area contributed by atoms with Gasteiger partial charge in [0.2, 0.25) is 5.91 Å².